The van der Waals surface area contributed by atoms with E-state index in [0.717, 1.165) is 6.20 Å². The molecule has 2 aromatic rings. The van der Waals surface area contributed by atoms with Crippen molar-refractivity contribution in [3.05, 3.63) is 51.4 Å². The summed E-state index contributed by atoms with van der Waals surface area (Å²) >= 11 is 6.10. The summed E-state index contributed by atoms with van der Waals surface area (Å²) in [7, 11) is 0. The summed E-state index contributed by atoms with van der Waals surface area (Å²) in [6.45, 7) is 8.96. The van der Waals surface area contributed by atoms with Gasteiger partial charge < -0.3 is 10.1 Å². The fourth-order valence-electron chi connectivity index (χ4n) is 2.27. The van der Waals surface area contributed by atoms with Gasteiger partial charge in [-0.3, -0.25) is 15.1 Å². The largest absolute Gasteiger partial charge is 0.444 e. The van der Waals surface area contributed by atoms with E-state index in [9.17, 15) is 14.9 Å². The maximum absolute atomic E-state index is 12.0. The molecule has 2 heterocycles. The Morgan fingerprint density at radius 1 is 1.19 bits per heavy atom. The zero-order valence-corrected chi connectivity index (χ0v) is 16.5. The van der Waals surface area contributed by atoms with E-state index in [4.69, 9.17) is 16.3 Å². The van der Waals surface area contributed by atoms with Crippen LogP contribution >= 0.6 is 11.6 Å². The Morgan fingerprint density at radius 3 is 2.33 bits per heavy atom. The lowest BCUT2D eigenvalue weighted by atomic mass is 9.99. The second-order valence-corrected chi connectivity index (χ2v) is 7.87. The van der Waals surface area contributed by atoms with Crippen LogP contribution in [0.1, 0.15) is 40.3 Å². The van der Waals surface area contributed by atoms with Crippen LogP contribution in [0.4, 0.5) is 10.5 Å². The molecule has 0 unspecified atom stereocenters. The smallest absolute Gasteiger partial charge is 0.408 e. The molecule has 2 aromatic heterocycles. The van der Waals surface area contributed by atoms with Crippen LogP contribution in [0, 0.1) is 10.1 Å². The quantitative estimate of drug-likeness (QED) is 0.607. The van der Waals surface area contributed by atoms with E-state index in [1.807, 2.05) is 0 Å². The van der Waals surface area contributed by atoms with Crippen molar-refractivity contribution in [1.29, 1.82) is 0 Å². The molecular weight excluding hydrogens is 372 g/mol. The molecule has 1 amide bonds. The van der Waals surface area contributed by atoms with Gasteiger partial charge in [0.25, 0.3) is 5.69 Å². The first-order chi connectivity index (χ1) is 12.4. The number of pyridine rings is 2. The van der Waals surface area contributed by atoms with E-state index >= 15 is 0 Å². The second-order valence-electron chi connectivity index (χ2n) is 7.47. The number of hydrogen-bond donors (Lipinski definition) is 1. The predicted octanol–water partition coefficient (Wildman–Crippen LogP) is 4.47. The molecule has 0 aliphatic carbocycles. The van der Waals surface area contributed by atoms with Crippen molar-refractivity contribution in [2.45, 2.75) is 45.8 Å². The summed E-state index contributed by atoms with van der Waals surface area (Å²) in [5.41, 5.74) is 0.0423. The summed E-state index contributed by atoms with van der Waals surface area (Å²) in [5, 5.41) is 13.7. The van der Waals surface area contributed by atoms with Gasteiger partial charge in [0, 0.05) is 17.8 Å². The van der Waals surface area contributed by atoms with Gasteiger partial charge in [0.1, 0.15) is 11.8 Å². The minimum Gasteiger partial charge on any atom is -0.444 e. The number of aromatic nitrogens is 2. The highest BCUT2D eigenvalue weighted by atomic mass is 35.5. The average molecular weight is 393 g/mol. The average Bonchev–Trinajstić information content (AvgIpc) is 2.52. The van der Waals surface area contributed by atoms with E-state index in [1.54, 1.807) is 52.9 Å². The number of halogens is 1. The van der Waals surface area contributed by atoms with Gasteiger partial charge in [-0.1, -0.05) is 11.6 Å². The number of ether oxygens (including phenoxy) is 1. The maximum Gasteiger partial charge on any atom is 0.408 e. The van der Waals surface area contributed by atoms with E-state index < -0.39 is 22.2 Å². The first-order valence-corrected chi connectivity index (χ1v) is 8.55. The number of nitrogens with one attached hydrogen (secondary N) is 1. The Kier molecular flexibility index (Phi) is 5.70. The van der Waals surface area contributed by atoms with Crippen LogP contribution in [0.5, 0.6) is 0 Å². The third kappa shape index (κ3) is 5.37. The molecule has 144 valence electrons. The topological polar surface area (TPSA) is 107 Å². The van der Waals surface area contributed by atoms with Crippen LogP contribution in [-0.4, -0.2) is 26.6 Å². The van der Waals surface area contributed by atoms with Crippen LogP contribution in [-0.2, 0) is 10.3 Å². The Hall–Kier alpha value is -2.74. The van der Waals surface area contributed by atoms with Crippen molar-refractivity contribution in [3.63, 3.8) is 0 Å². The number of alkyl carbamates (subject to hydrolysis) is 1. The van der Waals surface area contributed by atoms with Gasteiger partial charge >= 0.3 is 6.09 Å². The molecule has 0 radical (unpaired) electrons. The van der Waals surface area contributed by atoms with Crippen LogP contribution < -0.4 is 5.32 Å². The first kappa shape index (κ1) is 20.6. The van der Waals surface area contributed by atoms with Gasteiger partial charge in [-0.25, -0.2) is 9.78 Å². The van der Waals surface area contributed by atoms with E-state index in [2.05, 4.69) is 15.3 Å². The molecule has 1 N–H and O–H groups in total. The van der Waals surface area contributed by atoms with Crippen molar-refractivity contribution < 1.29 is 14.5 Å². The van der Waals surface area contributed by atoms with Crippen molar-refractivity contribution in [2.75, 3.05) is 0 Å². The summed E-state index contributed by atoms with van der Waals surface area (Å²) in [6.07, 6.45) is 2.15. The third-order valence-corrected chi connectivity index (χ3v) is 3.82. The Morgan fingerprint density at radius 2 is 1.85 bits per heavy atom. The molecule has 8 nitrogen and oxygen atoms in total. The molecule has 9 heteroatoms. The molecule has 0 aromatic carbocycles. The predicted molar refractivity (Wildman–Crippen MR) is 102 cm³/mol. The SMILES string of the molecule is CC(C)(C)OC(=O)NC(C)(C)c1ccc(-c2ncc([N+](=O)[O-])cc2Cl)cn1. The molecule has 0 bridgehead atoms. The highest BCUT2D eigenvalue weighted by Gasteiger charge is 2.27. The van der Waals surface area contributed by atoms with Gasteiger partial charge in [0.15, 0.2) is 0 Å². The maximum atomic E-state index is 12.0. The Bertz CT molecular complexity index is 861. The van der Waals surface area contributed by atoms with Crippen molar-refractivity contribution in [3.8, 4) is 11.3 Å². The minimum absolute atomic E-state index is 0.157. The minimum atomic E-state index is -0.770. The van der Waals surface area contributed by atoms with E-state index in [-0.39, 0.29) is 10.7 Å². The van der Waals surface area contributed by atoms with E-state index in [1.165, 1.54) is 6.07 Å². The first-order valence-electron chi connectivity index (χ1n) is 8.17. The monoisotopic (exact) mass is 392 g/mol. The fraction of sp³-hybridized carbons (Fsp3) is 0.389. The number of rotatable bonds is 4. The number of carbonyl (C=O) groups excluding carboxylic acids is 1. The van der Waals surface area contributed by atoms with Gasteiger partial charge in [-0.2, -0.15) is 0 Å². The van der Waals surface area contributed by atoms with Crippen LogP contribution in [0.25, 0.3) is 11.3 Å². The van der Waals surface area contributed by atoms with Gasteiger partial charge in [0.2, 0.25) is 0 Å². The fourth-order valence-corrected chi connectivity index (χ4v) is 2.54. The number of amides is 1. The number of hydrogen-bond acceptors (Lipinski definition) is 6. The summed E-state index contributed by atoms with van der Waals surface area (Å²) < 4.78 is 5.27. The van der Waals surface area contributed by atoms with Gasteiger partial charge in [-0.05, 0) is 46.8 Å². The third-order valence-electron chi connectivity index (χ3n) is 3.53. The lowest BCUT2D eigenvalue weighted by molar-refractivity contribution is -0.385. The highest BCUT2D eigenvalue weighted by molar-refractivity contribution is 6.33. The van der Waals surface area contributed by atoms with Gasteiger partial charge in [-0.15, -0.1) is 0 Å². The summed E-state index contributed by atoms with van der Waals surface area (Å²) in [6, 6.07) is 4.71. The van der Waals surface area contributed by atoms with Crippen LogP contribution in [0.3, 0.4) is 0 Å². The molecule has 0 fully saturated rings. The number of nitro groups is 1. The number of nitrogens with zero attached hydrogens (tertiary/aromatic N) is 3. The number of carbonyl (C=O) groups is 1. The molecule has 0 spiro atoms. The highest BCUT2D eigenvalue weighted by Crippen LogP contribution is 2.29. The van der Waals surface area contributed by atoms with Crippen molar-refractivity contribution in [2.24, 2.45) is 0 Å². The lowest BCUT2D eigenvalue weighted by Gasteiger charge is -2.28. The Balaban J connectivity index is 2.21. The zero-order chi connectivity index (χ0) is 20.4. The molecule has 0 aliphatic rings. The van der Waals surface area contributed by atoms with Gasteiger partial charge in [0.05, 0.1) is 26.9 Å². The normalized spacial score (nSPS) is 11.8. The molecular formula is C18H21ClN4O4. The second kappa shape index (κ2) is 7.48. The molecule has 2 rings (SSSR count). The standard InChI is InChI=1S/C18H21ClN4O4/c1-17(2,3)27-16(24)22-18(4,5)14-7-6-11(9-20-14)15-13(19)8-12(10-21-15)23(25)26/h6-10H,1-5H3,(H,22,24). The molecule has 0 aliphatic heterocycles. The van der Waals surface area contributed by atoms with Crippen molar-refractivity contribution >= 4 is 23.4 Å². The molecule has 0 atom stereocenters. The molecule has 0 saturated heterocycles. The molecule has 0 saturated carbocycles. The summed E-state index contributed by atoms with van der Waals surface area (Å²) in [5.74, 6) is 0. The van der Waals surface area contributed by atoms with Crippen LogP contribution in [0.2, 0.25) is 5.02 Å². The molecule has 27 heavy (non-hydrogen) atoms. The van der Waals surface area contributed by atoms with Crippen molar-refractivity contribution in [1.82, 2.24) is 15.3 Å². The summed E-state index contributed by atoms with van der Waals surface area (Å²) in [4.78, 5) is 30.7. The van der Waals surface area contributed by atoms with E-state index in [0.29, 0.717) is 17.0 Å². The lowest BCUT2D eigenvalue weighted by Crippen LogP contribution is -2.44. The Labute approximate surface area is 162 Å². The zero-order valence-electron chi connectivity index (χ0n) is 15.7. The van der Waals surface area contributed by atoms with Crippen LogP contribution in [0.15, 0.2) is 30.6 Å².